The van der Waals surface area contributed by atoms with Gasteiger partial charge in [0.15, 0.2) is 0 Å². The lowest BCUT2D eigenvalue weighted by Gasteiger charge is -2.36. The number of H-pyrrole nitrogens is 1. The van der Waals surface area contributed by atoms with E-state index in [1.807, 2.05) is 0 Å². The Morgan fingerprint density at radius 3 is 2.89 bits per heavy atom. The van der Waals surface area contributed by atoms with Crippen LogP contribution in [0.4, 0.5) is 5.69 Å². The van der Waals surface area contributed by atoms with Crippen molar-refractivity contribution in [3.8, 4) is 0 Å². The lowest BCUT2D eigenvalue weighted by molar-refractivity contribution is -0.121. The molecular weight excluding hydrogens is 338 g/mol. The molecule has 1 fully saturated rings. The summed E-state index contributed by atoms with van der Waals surface area (Å²) in [5, 5.41) is 10.5. The predicted molar refractivity (Wildman–Crippen MR) is 107 cm³/mol. The van der Waals surface area contributed by atoms with Crippen LogP contribution in [0.5, 0.6) is 0 Å². The summed E-state index contributed by atoms with van der Waals surface area (Å²) in [6.07, 6.45) is 3.92. The maximum absolute atomic E-state index is 12.2. The van der Waals surface area contributed by atoms with Crippen molar-refractivity contribution >= 4 is 11.6 Å². The van der Waals surface area contributed by atoms with Gasteiger partial charge in [-0.15, -0.1) is 0 Å². The van der Waals surface area contributed by atoms with Crippen LogP contribution in [-0.2, 0) is 24.2 Å². The number of fused-ring (bicyclic) bond motifs is 1. The number of amides is 1. The number of rotatable bonds is 6. The summed E-state index contributed by atoms with van der Waals surface area (Å²) < 4.78 is 0. The number of nitrogens with one attached hydrogen (secondary N) is 2. The first kappa shape index (κ1) is 18.0. The van der Waals surface area contributed by atoms with Crippen molar-refractivity contribution in [1.29, 1.82) is 0 Å². The van der Waals surface area contributed by atoms with Gasteiger partial charge < -0.3 is 10.2 Å². The van der Waals surface area contributed by atoms with Crippen molar-refractivity contribution < 1.29 is 4.79 Å². The zero-order chi connectivity index (χ0) is 18.6. The molecule has 0 unspecified atom stereocenters. The Labute approximate surface area is 160 Å². The fraction of sp³-hybridized carbons (Fsp3) is 0.524. The van der Waals surface area contributed by atoms with Crippen molar-refractivity contribution in [2.45, 2.75) is 39.2 Å². The highest BCUT2D eigenvalue weighted by Gasteiger charge is 2.20. The summed E-state index contributed by atoms with van der Waals surface area (Å²) in [6.45, 7) is 7.56. The van der Waals surface area contributed by atoms with E-state index < -0.39 is 0 Å². The minimum absolute atomic E-state index is 0.117. The Bertz CT molecular complexity index is 792. The quantitative estimate of drug-likeness (QED) is 0.820. The highest BCUT2D eigenvalue weighted by Crippen LogP contribution is 2.22. The molecule has 0 spiro atoms. The zero-order valence-electron chi connectivity index (χ0n) is 16.1. The molecule has 2 aromatic rings. The summed E-state index contributed by atoms with van der Waals surface area (Å²) in [6, 6.07) is 8.68. The van der Waals surface area contributed by atoms with Gasteiger partial charge in [0.1, 0.15) is 0 Å². The van der Waals surface area contributed by atoms with Crippen molar-refractivity contribution in [2.24, 2.45) is 0 Å². The molecule has 1 aromatic carbocycles. The minimum atomic E-state index is 0.117. The number of carbonyl (C=O) groups is 1. The summed E-state index contributed by atoms with van der Waals surface area (Å²) >= 11 is 0. The van der Waals surface area contributed by atoms with Crippen LogP contribution in [0.1, 0.15) is 35.4 Å². The number of aryl methyl sites for hydroxylation is 2. The van der Waals surface area contributed by atoms with E-state index in [9.17, 15) is 4.79 Å². The molecule has 2 heterocycles. The van der Waals surface area contributed by atoms with Crippen LogP contribution in [0, 0.1) is 6.92 Å². The molecule has 1 amide bonds. The van der Waals surface area contributed by atoms with E-state index in [4.69, 9.17) is 0 Å². The summed E-state index contributed by atoms with van der Waals surface area (Å²) in [5.41, 5.74) is 6.20. The summed E-state index contributed by atoms with van der Waals surface area (Å²) in [4.78, 5) is 17.0. The van der Waals surface area contributed by atoms with Gasteiger partial charge in [0.05, 0.1) is 12.2 Å². The van der Waals surface area contributed by atoms with E-state index in [1.54, 1.807) is 0 Å². The third kappa shape index (κ3) is 4.33. The van der Waals surface area contributed by atoms with E-state index in [2.05, 4.69) is 56.5 Å². The van der Waals surface area contributed by atoms with E-state index >= 15 is 0 Å². The Hall–Kier alpha value is -2.34. The van der Waals surface area contributed by atoms with Gasteiger partial charge >= 0.3 is 0 Å². The van der Waals surface area contributed by atoms with Gasteiger partial charge in [0.25, 0.3) is 0 Å². The molecule has 0 bridgehead atoms. The fourth-order valence-corrected chi connectivity index (χ4v) is 4.12. The molecule has 1 aliphatic heterocycles. The molecule has 144 valence electrons. The molecule has 27 heavy (non-hydrogen) atoms. The Morgan fingerprint density at radius 2 is 2.07 bits per heavy atom. The van der Waals surface area contributed by atoms with Crippen molar-refractivity contribution in [3.05, 3.63) is 46.8 Å². The Kier molecular flexibility index (Phi) is 5.43. The minimum Gasteiger partial charge on any atom is -0.369 e. The Morgan fingerprint density at radius 1 is 1.22 bits per heavy atom. The number of nitrogens with zero attached hydrogens (tertiary/aromatic N) is 3. The van der Waals surface area contributed by atoms with Gasteiger partial charge in [-0.25, -0.2) is 0 Å². The largest absolute Gasteiger partial charge is 0.369 e. The van der Waals surface area contributed by atoms with Crippen LogP contribution in [0.3, 0.4) is 0 Å². The van der Waals surface area contributed by atoms with Crippen LogP contribution in [0.25, 0.3) is 0 Å². The molecule has 2 aliphatic rings. The summed E-state index contributed by atoms with van der Waals surface area (Å²) in [7, 11) is 0. The number of aromatic nitrogens is 2. The third-order valence-electron chi connectivity index (χ3n) is 5.74. The lowest BCUT2D eigenvalue weighted by Crippen LogP contribution is -2.47. The van der Waals surface area contributed by atoms with Crippen molar-refractivity contribution in [2.75, 3.05) is 37.6 Å². The summed E-state index contributed by atoms with van der Waals surface area (Å²) in [5.74, 6) is 0.117. The van der Waals surface area contributed by atoms with Crippen molar-refractivity contribution in [1.82, 2.24) is 20.4 Å². The molecule has 4 rings (SSSR count). The highest BCUT2D eigenvalue weighted by molar-refractivity contribution is 5.76. The second-order valence-corrected chi connectivity index (χ2v) is 7.68. The van der Waals surface area contributed by atoms with E-state index in [1.165, 1.54) is 28.9 Å². The van der Waals surface area contributed by atoms with E-state index in [0.717, 1.165) is 51.3 Å². The van der Waals surface area contributed by atoms with Crippen molar-refractivity contribution in [3.63, 3.8) is 0 Å². The van der Waals surface area contributed by atoms with Gasteiger partial charge in [-0.1, -0.05) is 12.1 Å². The number of anilines is 1. The SMILES string of the molecule is Cc1cccc(N2CCN(CCC(=O)NCc3n[nH]c4c3CCC4)CC2)c1. The number of hydrogen-bond donors (Lipinski definition) is 2. The number of benzene rings is 1. The first-order chi connectivity index (χ1) is 13.2. The average Bonchev–Trinajstić information content (AvgIpc) is 3.29. The maximum atomic E-state index is 12.2. The number of hydrogen-bond acceptors (Lipinski definition) is 4. The topological polar surface area (TPSA) is 64.3 Å². The third-order valence-corrected chi connectivity index (χ3v) is 5.74. The van der Waals surface area contributed by atoms with E-state index in [0.29, 0.717) is 13.0 Å². The number of piperazine rings is 1. The van der Waals surface area contributed by atoms with Gasteiger partial charge in [0, 0.05) is 50.5 Å². The highest BCUT2D eigenvalue weighted by atomic mass is 16.1. The molecule has 1 aromatic heterocycles. The second-order valence-electron chi connectivity index (χ2n) is 7.68. The van der Waals surface area contributed by atoms with Gasteiger partial charge in [-0.2, -0.15) is 5.10 Å². The first-order valence-corrected chi connectivity index (χ1v) is 10.0. The zero-order valence-corrected chi connectivity index (χ0v) is 16.1. The van der Waals surface area contributed by atoms with Crippen LogP contribution in [0.15, 0.2) is 24.3 Å². The van der Waals surface area contributed by atoms with Crippen LogP contribution >= 0.6 is 0 Å². The van der Waals surface area contributed by atoms with Crippen LogP contribution < -0.4 is 10.2 Å². The number of aromatic amines is 1. The normalized spacial score (nSPS) is 17.1. The molecule has 0 radical (unpaired) electrons. The molecule has 6 nitrogen and oxygen atoms in total. The molecule has 0 saturated carbocycles. The van der Waals surface area contributed by atoms with Crippen LogP contribution in [-0.4, -0.2) is 53.7 Å². The Balaban J connectivity index is 1.18. The van der Waals surface area contributed by atoms with Crippen LogP contribution in [0.2, 0.25) is 0 Å². The second kappa shape index (κ2) is 8.13. The predicted octanol–water partition coefficient (Wildman–Crippen LogP) is 2.04. The smallest absolute Gasteiger partial charge is 0.221 e. The van der Waals surface area contributed by atoms with E-state index in [-0.39, 0.29) is 5.91 Å². The first-order valence-electron chi connectivity index (χ1n) is 10.0. The van der Waals surface area contributed by atoms with Gasteiger partial charge in [0.2, 0.25) is 5.91 Å². The lowest BCUT2D eigenvalue weighted by atomic mass is 10.2. The molecule has 6 heteroatoms. The van der Waals surface area contributed by atoms with Gasteiger partial charge in [-0.3, -0.25) is 14.8 Å². The number of carbonyl (C=O) groups excluding carboxylic acids is 1. The fourth-order valence-electron chi connectivity index (χ4n) is 4.12. The molecular formula is C21H29N5O. The monoisotopic (exact) mass is 367 g/mol. The van der Waals surface area contributed by atoms with Gasteiger partial charge in [-0.05, 0) is 49.4 Å². The molecule has 2 N–H and O–H groups in total. The molecule has 1 saturated heterocycles. The average molecular weight is 367 g/mol. The standard InChI is InChI=1S/C21H29N5O/c1-16-4-2-5-17(14-16)26-12-10-25(11-13-26)9-8-21(27)22-15-20-18-6-3-7-19(18)23-24-20/h2,4-5,14H,3,6-13,15H2,1H3,(H,22,27)(H,23,24). The molecule has 0 atom stereocenters. The maximum Gasteiger partial charge on any atom is 0.221 e. The molecule has 1 aliphatic carbocycles.